The van der Waals surface area contributed by atoms with E-state index in [0.717, 1.165) is 63.9 Å². The molecular formula is C14H23N5O. The van der Waals surface area contributed by atoms with Crippen LogP contribution in [0.4, 0.5) is 11.8 Å². The lowest BCUT2D eigenvalue weighted by atomic mass is 10.2. The predicted octanol–water partition coefficient (Wildman–Crippen LogP) is 0.563. The number of anilines is 2. The van der Waals surface area contributed by atoms with Crippen LogP contribution in [0.1, 0.15) is 24.1 Å². The van der Waals surface area contributed by atoms with Crippen LogP contribution in [0.3, 0.4) is 0 Å². The molecular weight excluding hydrogens is 254 g/mol. The maximum atomic E-state index is 5.56. The van der Waals surface area contributed by atoms with Crippen molar-refractivity contribution in [2.45, 2.75) is 25.7 Å². The van der Waals surface area contributed by atoms with Crippen molar-refractivity contribution < 1.29 is 4.74 Å². The van der Waals surface area contributed by atoms with Crippen molar-refractivity contribution in [3.63, 3.8) is 0 Å². The van der Waals surface area contributed by atoms with Crippen molar-refractivity contribution in [1.82, 2.24) is 9.97 Å². The van der Waals surface area contributed by atoms with E-state index in [2.05, 4.69) is 10.2 Å². The molecule has 1 aliphatic carbocycles. The van der Waals surface area contributed by atoms with Gasteiger partial charge in [0.2, 0.25) is 5.95 Å². The number of hydrogen-bond acceptors (Lipinski definition) is 6. The van der Waals surface area contributed by atoms with Crippen LogP contribution in [-0.2, 0) is 17.6 Å². The fourth-order valence-electron chi connectivity index (χ4n) is 2.78. The van der Waals surface area contributed by atoms with Crippen LogP contribution >= 0.6 is 0 Å². The molecule has 0 amide bonds. The molecule has 2 heterocycles. The van der Waals surface area contributed by atoms with Gasteiger partial charge in [0.15, 0.2) is 0 Å². The van der Waals surface area contributed by atoms with Gasteiger partial charge in [-0.25, -0.2) is 4.98 Å². The average Bonchev–Trinajstić information content (AvgIpc) is 2.97. The molecule has 0 saturated carbocycles. The number of fused-ring (bicyclic) bond motifs is 1. The third-order valence-corrected chi connectivity index (χ3v) is 3.89. The Morgan fingerprint density at radius 1 is 1.20 bits per heavy atom. The van der Waals surface area contributed by atoms with Gasteiger partial charge in [0.1, 0.15) is 5.82 Å². The number of ether oxygens (including phenoxy) is 1. The fraction of sp³-hybridized carbons (Fsp3) is 0.714. The molecule has 1 aliphatic heterocycles. The molecule has 0 spiro atoms. The van der Waals surface area contributed by atoms with Crippen molar-refractivity contribution in [3.05, 3.63) is 11.3 Å². The Labute approximate surface area is 119 Å². The summed E-state index contributed by atoms with van der Waals surface area (Å²) in [4.78, 5) is 11.7. The Bertz CT molecular complexity index is 459. The van der Waals surface area contributed by atoms with Crippen molar-refractivity contribution >= 4 is 11.8 Å². The van der Waals surface area contributed by atoms with Gasteiger partial charge in [-0.1, -0.05) is 0 Å². The van der Waals surface area contributed by atoms with Crippen molar-refractivity contribution in [2.24, 2.45) is 5.73 Å². The third kappa shape index (κ3) is 2.86. The summed E-state index contributed by atoms with van der Waals surface area (Å²) in [7, 11) is 0. The highest BCUT2D eigenvalue weighted by Gasteiger charge is 2.22. The van der Waals surface area contributed by atoms with E-state index in [0.29, 0.717) is 6.54 Å². The number of nitrogens with two attached hydrogens (primary N) is 1. The zero-order chi connectivity index (χ0) is 13.8. The number of aromatic nitrogens is 2. The molecule has 1 aromatic rings. The zero-order valence-corrected chi connectivity index (χ0v) is 11.9. The highest BCUT2D eigenvalue weighted by molar-refractivity contribution is 5.53. The van der Waals surface area contributed by atoms with Crippen LogP contribution in [0.5, 0.6) is 0 Å². The van der Waals surface area contributed by atoms with Gasteiger partial charge in [0.05, 0.1) is 18.9 Å². The van der Waals surface area contributed by atoms with Gasteiger partial charge in [-0.3, -0.25) is 0 Å². The van der Waals surface area contributed by atoms with Crippen LogP contribution < -0.4 is 16.0 Å². The predicted molar refractivity (Wildman–Crippen MR) is 79.3 cm³/mol. The quantitative estimate of drug-likeness (QED) is 0.766. The average molecular weight is 277 g/mol. The second-order valence-electron chi connectivity index (χ2n) is 5.32. The van der Waals surface area contributed by atoms with Gasteiger partial charge in [0, 0.05) is 25.2 Å². The van der Waals surface area contributed by atoms with E-state index >= 15 is 0 Å². The summed E-state index contributed by atoms with van der Waals surface area (Å²) in [5, 5.41) is 3.44. The lowest BCUT2D eigenvalue weighted by Crippen LogP contribution is -2.37. The first kappa shape index (κ1) is 13.6. The van der Waals surface area contributed by atoms with Crippen molar-refractivity contribution in [1.29, 1.82) is 0 Å². The summed E-state index contributed by atoms with van der Waals surface area (Å²) >= 11 is 0. The number of nitrogens with one attached hydrogen (secondary N) is 1. The molecule has 3 rings (SSSR count). The monoisotopic (exact) mass is 277 g/mol. The second-order valence-corrected chi connectivity index (χ2v) is 5.32. The molecule has 0 bridgehead atoms. The Kier molecular flexibility index (Phi) is 4.32. The summed E-state index contributed by atoms with van der Waals surface area (Å²) in [6.07, 6.45) is 4.30. The van der Waals surface area contributed by atoms with Gasteiger partial charge in [0.25, 0.3) is 0 Å². The first-order valence-corrected chi connectivity index (χ1v) is 7.55. The number of nitrogens with zero attached hydrogens (tertiary/aromatic N) is 3. The molecule has 6 heteroatoms. The van der Waals surface area contributed by atoms with E-state index in [1.165, 1.54) is 17.7 Å². The van der Waals surface area contributed by atoms with E-state index in [4.69, 9.17) is 20.4 Å². The molecule has 1 saturated heterocycles. The van der Waals surface area contributed by atoms with Crippen LogP contribution in [0.2, 0.25) is 0 Å². The van der Waals surface area contributed by atoms with Gasteiger partial charge < -0.3 is 20.7 Å². The van der Waals surface area contributed by atoms with Crippen molar-refractivity contribution in [3.8, 4) is 0 Å². The summed E-state index contributed by atoms with van der Waals surface area (Å²) in [5.74, 6) is 1.87. The molecule has 3 N–H and O–H groups in total. The molecule has 1 aromatic heterocycles. The fourth-order valence-corrected chi connectivity index (χ4v) is 2.78. The number of morpholine rings is 1. The molecule has 0 radical (unpaired) electrons. The smallest absolute Gasteiger partial charge is 0.227 e. The summed E-state index contributed by atoms with van der Waals surface area (Å²) in [6, 6.07) is 0. The highest BCUT2D eigenvalue weighted by atomic mass is 16.5. The van der Waals surface area contributed by atoms with Gasteiger partial charge >= 0.3 is 0 Å². The Hall–Kier alpha value is -1.40. The standard InChI is InChI=1S/C14H23N5O/c15-5-2-6-16-13-11-3-1-4-12(11)17-14(18-13)19-7-9-20-10-8-19/h1-10,15H2,(H,16,17,18). The van der Waals surface area contributed by atoms with Crippen LogP contribution in [0.15, 0.2) is 0 Å². The molecule has 6 nitrogen and oxygen atoms in total. The first-order valence-electron chi connectivity index (χ1n) is 7.55. The Balaban J connectivity index is 1.82. The molecule has 0 atom stereocenters. The summed E-state index contributed by atoms with van der Waals surface area (Å²) in [6.45, 7) is 4.86. The number of rotatable bonds is 5. The number of hydrogen-bond donors (Lipinski definition) is 2. The maximum absolute atomic E-state index is 5.56. The molecule has 2 aliphatic rings. The van der Waals surface area contributed by atoms with E-state index in [9.17, 15) is 0 Å². The molecule has 20 heavy (non-hydrogen) atoms. The lowest BCUT2D eigenvalue weighted by Gasteiger charge is -2.27. The minimum absolute atomic E-state index is 0.705. The van der Waals surface area contributed by atoms with Gasteiger partial charge in [-0.15, -0.1) is 0 Å². The summed E-state index contributed by atoms with van der Waals surface area (Å²) in [5.41, 5.74) is 8.08. The molecule has 1 fully saturated rings. The van der Waals surface area contributed by atoms with Gasteiger partial charge in [-0.2, -0.15) is 4.98 Å². The SMILES string of the molecule is NCCCNc1nc(N2CCOCC2)nc2c1CCC2. The zero-order valence-electron chi connectivity index (χ0n) is 11.9. The topological polar surface area (TPSA) is 76.3 Å². The van der Waals surface area contributed by atoms with Crippen LogP contribution in [0.25, 0.3) is 0 Å². The van der Waals surface area contributed by atoms with E-state index in [1.807, 2.05) is 0 Å². The molecule has 0 unspecified atom stereocenters. The normalized spacial score (nSPS) is 18.1. The lowest BCUT2D eigenvalue weighted by molar-refractivity contribution is 0.122. The number of aryl methyl sites for hydroxylation is 1. The maximum Gasteiger partial charge on any atom is 0.227 e. The van der Waals surface area contributed by atoms with Crippen LogP contribution in [0, 0.1) is 0 Å². The van der Waals surface area contributed by atoms with Crippen molar-refractivity contribution in [2.75, 3.05) is 49.6 Å². The van der Waals surface area contributed by atoms with E-state index < -0.39 is 0 Å². The Morgan fingerprint density at radius 3 is 2.85 bits per heavy atom. The molecule has 110 valence electrons. The first-order chi connectivity index (χ1) is 9.88. The van der Waals surface area contributed by atoms with E-state index in [-0.39, 0.29) is 0 Å². The van der Waals surface area contributed by atoms with E-state index in [1.54, 1.807) is 0 Å². The minimum atomic E-state index is 0.705. The largest absolute Gasteiger partial charge is 0.378 e. The van der Waals surface area contributed by atoms with Gasteiger partial charge in [-0.05, 0) is 32.2 Å². The molecule has 0 aromatic carbocycles. The van der Waals surface area contributed by atoms with Crippen LogP contribution in [-0.4, -0.2) is 49.4 Å². The second kappa shape index (κ2) is 6.37. The minimum Gasteiger partial charge on any atom is -0.378 e. The summed E-state index contributed by atoms with van der Waals surface area (Å²) < 4.78 is 5.40. The highest BCUT2D eigenvalue weighted by Crippen LogP contribution is 2.28. The third-order valence-electron chi connectivity index (χ3n) is 3.89. The Morgan fingerprint density at radius 2 is 2.05 bits per heavy atom.